The molecule has 3 nitrogen and oxygen atoms in total. The average Bonchev–Trinajstić information content (AvgIpc) is 2.28. The SMILES string of the molecule is CC(C)c1nc(Cl)c(C#N)c2c1CN(C)CC2. The molecule has 0 aliphatic carbocycles. The second kappa shape index (κ2) is 4.64. The van der Waals surface area contributed by atoms with Crippen LogP contribution < -0.4 is 0 Å². The van der Waals surface area contributed by atoms with Crippen LogP contribution in [0.1, 0.15) is 42.1 Å². The first-order chi connectivity index (χ1) is 8.04. The van der Waals surface area contributed by atoms with Crippen molar-refractivity contribution in [2.75, 3.05) is 13.6 Å². The van der Waals surface area contributed by atoms with Crippen molar-refractivity contribution in [3.05, 3.63) is 27.5 Å². The van der Waals surface area contributed by atoms with E-state index in [0.717, 1.165) is 30.8 Å². The van der Waals surface area contributed by atoms with E-state index in [1.807, 2.05) is 0 Å². The zero-order valence-corrected chi connectivity index (χ0v) is 11.2. The molecule has 1 aliphatic rings. The summed E-state index contributed by atoms with van der Waals surface area (Å²) in [6.07, 6.45) is 0.886. The van der Waals surface area contributed by atoms with Crippen LogP contribution >= 0.6 is 11.6 Å². The van der Waals surface area contributed by atoms with Gasteiger partial charge in [-0.15, -0.1) is 0 Å². The smallest absolute Gasteiger partial charge is 0.147 e. The average molecular weight is 250 g/mol. The highest BCUT2D eigenvalue weighted by molar-refractivity contribution is 6.30. The van der Waals surface area contributed by atoms with E-state index >= 15 is 0 Å². The van der Waals surface area contributed by atoms with E-state index in [1.54, 1.807) is 0 Å². The van der Waals surface area contributed by atoms with Crippen molar-refractivity contribution < 1.29 is 0 Å². The molecule has 0 radical (unpaired) electrons. The van der Waals surface area contributed by atoms with Crippen LogP contribution in [0.25, 0.3) is 0 Å². The highest BCUT2D eigenvalue weighted by atomic mass is 35.5. The number of likely N-dealkylation sites (N-methyl/N-ethyl adjacent to an activating group) is 1. The third kappa shape index (κ3) is 2.15. The van der Waals surface area contributed by atoms with E-state index in [-0.39, 0.29) is 0 Å². The molecule has 17 heavy (non-hydrogen) atoms. The Balaban J connectivity index is 2.66. The van der Waals surface area contributed by atoms with E-state index in [1.165, 1.54) is 5.56 Å². The van der Waals surface area contributed by atoms with Crippen LogP contribution in [0.4, 0.5) is 0 Å². The number of pyridine rings is 1. The van der Waals surface area contributed by atoms with Gasteiger partial charge in [0.2, 0.25) is 0 Å². The number of halogens is 1. The molecule has 0 saturated heterocycles. The van der Waals surface area contributed by atoms with Crippen molar-refractivity contribution >= 4 is 11.6 Å². The Morgan fingerprint density at radius 3 is 2.71 bits per heavy atom. The molecule has 0 aromatic carbocycles. The van der Waals surface area contributed by atoms with Crippen LogP contribution in [0.15, 0.2) is 0 Å². The monoisotopic (exact) mass is 249 g/mol. The predicted octanol–water partition coefficient (Wildman–Crippen LogP) is 2.72. The molecule has 2 heterocycles. The summed E-state index contributed by atoms with van der Waals surface area (Å²) in [5.41, 5.74) is 3.92. The minimum Gasteiger partial charge on any atom is -0.302 e. The summed E-state index contributed by atoms with van der Waals surface area (Å²) >= 11 is 6.10. The molecule has 0 fully saturated rings. The lowest BCUT2D eigenvalue weighted by molar-refractivity contribution is 0.310. The summed E-state index contributed by atoms with van der Waals surface area (Å²) in [6, 6.07) is 2.19. The molecular formula is C13H16ClN3. The number of fused-ring (bicyclic) bond motifs is 1. The van der Waals surface area contributed by atoms with Gasteiger partial charge in [-0.1, -0.05) is 25.4 Å². The maximum Gasteiger partial charge on any atom is 0.147 e. The van der Waals surface area contributed by atoms with Gasteiger partial charge in [0.1, 0.15) is 11.2 Å². The van der Waals surface area contributed by atoms with Crippen LogP contribution in [0, 0.1) is 11.3 Å². The summed E-state index contributed by atoms with van der Waals surface area (Å²) in [7, 11) is 2.09. The number of hydrogen-bond acceptors (Lipinski definition) is 3. The summed E-state index contributed by atoms with van der Waals surface area (Å²) < 4.78 is 0. The third-order valence-corrected chi connectivity index (χ3v) is 3.50. The Bertz CT molecular complexity index is 488. The Morgan fingerprint density at radius 2 is 2.12 bits per heavy atom. The predicted molar refractivity (Wildman–Crippen MR) is 68.1 cm³/mol. The molecule has 1 aromatic rings. The van der Waals surface area contributed by atoms with Crippen molar-refractivity contribution in [2.24, 2.45) is 0 Å². The van der Waals surface area contributed by atoms with Gasteiger partial charge in [0, 0.05) is 18.8 Å². The summed E-state index contributed by atoms with van der Waals surface area (Å²) in [5, 5.41) is 9.54. The first-order valence-electron chi connectivity index (χ1n) is 5.84. The highest BCUT2D eigenvalue weighted by Gasteiger charge is 2.24. The van der Waals surface area contributed by atoms with Gasteiger partial charge in [-0.25, -0.2) is 4.98 Å². The van der Waals surface area contributed by atoms with E-state index in [0.29, 0.717) is 16.6 Å². The van der Waals surface area contributed by atoms with Gasteiger partial charge in [-0.2, -0.15) is 5.26 Å². The summed E-state index contributed by atoms with van der Waals surface area (Å²) in [5.74, 6) is 0.334. The third-order valence-electron chi connectivity index (χ3n) is 3.23. The fraction of sp³-hybridized carbons (Fsp3) is 0.538. The lowest BCUT2D eigenvalue weighted by atomic mass is 9.91. The molecule has 0 amide bonds. The molecule has 0 unspecified atom stereocenters. The number of aromatic nitrogens is 1. The number of nitriles is 1. The van der Waals surface area contributed by atoms with Crippen molar-refractivity contribution in [3.8, 4) is 6.07 Å². The lowest BCUT2D eigenvalue weighted by Gasteiger charge is -2.28. The van der Waals surface area contributed by atoms with Gasteiger partial charge < -0.3 is 4.90 Å². The molecule has 1 aromatic heterocycles. The van der Waals surface area contributed by atoms with Gasteiger partial charge in [-0.05, 0) is 30.5 Å². The van der Waals surface area contributed by atoms with E-state index in [9.17, 15) is 5.26 Å². The quantitative estimate of drug-likeness (QED) is 0.719. The van der Waals surface area contributed by atoms with Crippen LogP contribution in [0.2, 0.25) is 5.15 Å². The first-order valence-corrected chi connectivity index (χ1v) is 6.22. The maximum absolute atomic E-state index is 9.18. The molecule has 0 bridgehead atoms. The molecule has 90 valence electrons. The Labute approximate surface area is 107 Å². The normalized spacial score (nSPS) is 15.8. The number of rotatable bonds is 1. The van der Waals surface area contributed by atoms with Gasteiger partial charge in [0.05, 0.1) is 5.56 Å². The van der Waals surface area contributed by atoms with Gasteiger partial charge >= 0.3 is 0 Å². The lowest BCUT2D eigenvalue weighted by Crippen LogP contribution is -2.29. The van der Waals surface area contributed by atoms with E-state index in [2.05, 4.69) is 36.8 Å². The van der Waals surface area contributed by atoms with Crippen LogP contribution in [0.3, 0.4) is 0 Å². The minimum absolute atomic E-state index is 0.334. The molecule has 0 atom stereocenters. The maximum atomic E-state index is 9.18. The van der Waals surface area contributed by atoms with Gasteiger partial charge in [0.25, 0.3) is 0 Å². The summed E-state index contributed by atoms with van der Waals surface area (Å²) in [6.45, 7) is 6.06. The van der Waals surface area contributed by atoms with Crippen molar-refractivity contribution in [2.45, 2.75) is 32.7 Å². The zero-order chi connectivity index (χ0) is 12.6. The molecule has 4 heteroatoms. The van der Waals surface area contributed by atoms with E-state index in [4.69, 9.17) is 11.6 Å². The Morgan fingerprint density at radius 1 is 1.41 bits per heavy atom. The Hall–Kier alpha value is -1.11. The van der Waals surface area contributed by atoms with Gasteiger partial charge in [-0.3, -0.25) is 0 Å². The minimum atomic E-state index is 0.334. The molecule has 1 aliphatic heterocycles. The molecular weight excluding hydrogens is 234 g/mol. The van der Waals surface area contributed by atoms with Crippen molar-refractivity contribution in [1.82, 2.24) is 9.88 Å². The standard InChI is InChI=1S/C13H16ClN3/c1-8(2)12-11-7-17(3)5-4-9(11)10(6-15)13(14)16-12/h8H,4-5,7H2,1-3H3. The zero-order valence-electron chi connectivity index (χ0n) is 10.4. The largest absolute Gasteiger partial charge is 0.302 e. The van der Waals surface area contributed by atoms with Crippen molar-refractivity contribution in [1.29, 1.82) is 5.26 Å². The fourth-order valence-electron chi connectivity index (χ4n) is 2.35. The molecule has 0 N–H and O–H groups in total. The first kappa shape index (κ1) is 12.3. The van der Waals surface area contributed by atoms with Crippen LogP contribution in [-0.4, -0.2) is 23.5 Å². The topological polar surface area (TPSA) is 39.9 Å². The van der Waals surface area contributed by atoms with Crippen LogP contribution in [0.5, 0.6) is 0 Å². The summed E-state index contributed by atoms with van der Waals surface area (Å²) in [4.78, 5) is 6.66. The second-order valence-corrected chi connectivity index (χ2v) is 5.23. The molecule has 0 saturated carbocycles. The molecule has 2 rings (SSSR count). The highest BCUT2D eigenvalue weighted by Crippen LogP contribution is 2.31. The number of hydrogen-bond donors (Lipinski definition) is 0. The van der Waals surface area contributed by atoms with Gasteiger partial charge in [0.15, 0.2) is 0 Å². The fourth-order valence-corrected chi connectivity index (χ4v) is 2.60. The second-order valence-electron chi connectivity index (χ2n) is 4.87. The van der Waals surface area contributed by atoms with Crippen LogP contribution in [-0.2, 0) is 13.0 Å². The number of nitrogens with zero attached hydrogens (tertiary/aromatic N) is 3. The molecule has 0 spiro atoms. The van der Waals surface area contributed by atoms with Crippen molar-refractivity contribution in [3.63, 3.8) is 0 Å². The Kier molecular flexibility index (Phi) is 3.37. The van der Waals surface area contributed by atoms with E-state index < -0.39 is 0 Å².